The Morgan fingerprint density at radius 2 is 2.07 bits per heavy atom. The molecular weight excluding hydrogens is 178 g/mol. The molecule has 1 heterocycles. The Labute approximate surface area is 83.7 Å². The van der Waals surface area contributed by atoms with Gasteiger partial charge in [-0.25, -0.2) is 4.98 Å². The Morgan fingerprint density at radius 1 is 1.36 bits per heavy atom. The summed E-state index contributed by atoms with van der Waals surface area (Å²) in [6, 6.07) is 5.44. The molecule has 0 fully saturated rings. The molecule has 14 heavy (non-hydrogen) atoms. The van der Waals surface area contributed by atoms with Crippen molar-refractivity contribution in [2.45, 2.75) is 20.8 Å². The molecule has 4 heteroatoms. The number of carbonyl (C=O) groups excluding carboxylic acids is 1. The van der Waals surface area contributed by atoms with Gasteiger partial charge in [-0.15, -0.1) is 0 Å². The van der Waals surface area contributed by atoms with Crippen LogP contribution in [0.2, 0.25) is 0 Å². The van der Waals surface area contributed by atoms with Crippen molar-refractivity contribution < 1.29 is 4.79 Å². The fraction of sp³-hybridized carbons (Fsp3) is 0.400. The van der Waals surface area contributed by atoms with Crippen LogP contribution >= 0.6 is 0 Å². The largest absolute Gasteiger partial charge is 0.282 e. The Bertz CT molecular complexity index is 303. The summed E-state index contributed by atoms with van der Waals surface area (Å²) in [5.74, 6) is 0.563. The smallest absolute Gasteiger partial charge is 0.243 e. The minimum Gasteiger partial charge on any atom is -0.282 e. The van der Waals surface area contributed by atoms with Gasteiger partial charge in [0.1, 0.15) is 5.82 Å². The van der Waals surface area contributed by atoms with Gasteiger partial charge in [0.25, 0.3) is 0 Å². The second kappa shape index (κ2) is 4.09. The van der Waals surface area contributed by atoms with E-state index < -0.39 is 5.41 Å². The fourth-order valence-corrected chi connectivity index (χ4v) is 0.745. The average Bonchev–Trinajstić information content (AvgIpc) is 2.14. The summed E-state index contributed by atoms with van der Waals surface area (Å²) < 4.78 is 0. The highest BCUT2D eigenvalue weighted by Gasteiger charge is 2.20. The minimum absolute atomic E-state index is 0.0665. The van der Waals surface area contributed by atoms with E-state index in [1.165, 1.54) is 0 Å². The van der Waals surface area contributed by atoms with Crippen LogP contribution in [-0.2, 0) is 4.79 Å². The molecule has 0 aliphatic heterocycles. The predicted molar refractivity (Wildman–Crippen MR) is 55.5 cm³/mol. The number of anilines is 1. The zero-order valence-electron chi connectivity index (χ0n) is 8.66. The van der Waals surface area contributed by atoms with E-state index in [9.17, 15) is 4.79 Å². The third-order valence-corrected chi connectivity index (χ3v) is 1.65. The lowest BCUT2D eigenvalue weighted by Crippen LogP contribution is -2.38. The van der Waals surface area contributed by atoms with E-state index in [2.05, 4.69) is 15.8 Å². The Balaban J connectivity index is 2.46. The molecule has 2 N–H and O–H groups in total. The maximum absolute atomic E-state index is 11.4. The number of carbonyl (C=O) groups is 1. The number of aromatic nitrogens is 1. The topological polar surface area (TPSA) is 54.0 Å². The first-order valence-electron chi connectivity index (χ1n) is 4.47. The fourth-order valence-electron chi connectivity index (χ4n) is 0.745. The minimum atomic E-state index is -0.401. The van der Waals surface area contributed by atoms with Gasteiger partial charge in [-0.1, -0.05) is 26.8 Å². The van der Waals surface area contributed by atoms with Gasteiger partial charge in [0.2, 0.25) is 5.91 Å². The normalized spacial score (nSPS) is 10.8. The molecule has 0 bridgehead atoms. The summed E-state index contributed by atoms with van der Waals surface area (Å²) >= 11 is 0. The van der Waals surface area contributed by atoms with E-state index in [0.29, 0.717) is 5.82 Å². The molecule has 0 radical (unpaired) electrons. The van der Waals surface area contributed by atoms with Gasteiger partial charge in [-0.3, -0.25) is 15.6 Å². The maximum atomic E-state index is 11.4. The van der Waals surface area contributed by atoms with Crippen LogP contribution in [0.25, 0.3) is 0 Å². The molecule has 0 aromatic carbocycles. The lowest BCUT2D eigenvalue weighted by Gasteiger charge is -2.17. The molecule has 0 unspecified atom stereocenters. The Kier molecular flexibility index (Phi) is 3.06. The summed E-state index contributed by atoms with van der Waals surface area (Å²) in [5, 5.41) is 0. The Hall–Kier alpha value is -1.58. The molecule has 4 nitrogen and oxygen atoms in total. The van der Waals surface area contributed by atoms with Crippen molar-refractivity contribution in [2.75, 3.05) is 5.43 Å². The third-order valence-electron chi connectivity index (χ3n) is 1.65. The van der Waals surface area contributed by atoms with Crippen LogP contribution in [0.15, 0.2) is 24.4 Å². The number of nitrogens with zero attached hydrogens (tertiary/aromatic N) is 1. The quantitative estimate of drug-likeness (QED) is 0.701. The van der Waals surface area contributed by atoms with Gasteiger partial charge in [-0.05, 0) is 12.1 Å². The monoisotopic (exact) mass is 193 g/mol. The number of hydrogen-bond donors (Lipinski definition) is 2. The van der Waals surface area contributed by atoms with Crippen molar-refractivity contribution in [3.05, 3.63) is 24.4 Å². The first-order valence-corrected chi connectivity index (χ1v) is 4.47. The molecule has 0 atom stereocenters. The summed E-state index contributed by atoms with van der Waals surface area (Å²) in [4.78, 5) is 15.4. The van der Waals surface area contributed by atoms with Gasteiger partial charge in [-0.2, -0.15) is 0 Å². The van der Waals surface area contributed by atoms with Crippen molar-refractivity contribution in [2.24, 2.45) is 5.41 Å². The van der Waals surface area contributed by atoms with Crippen molar-refractivity contribution in [1.82, 2.24) is 10.4 Å². The summed E-state index contributed by atoms with van der Waals surface area (Å²) in [7, 11) is 0. The number of hydrazine groups is 1. The molecule has 0 saturated heterocycles. The van der Waals surface area contributed by atoms with Crippen molar-refractivity contribution in [1.29, 1.82) is 0 Å². The number of pyridine rings is 1. The molecule has 0 aliphatic rings. The first kappa shape index (κ1) is 10.5. The summed E-state index contributed by atoms with van der Waals surface area (Å²) in [6.45, 7) is 5.55. The molecule has 0 spiro atoms. The molecule has 1 aromatic rings. The lowest BCUT2D eigenvalue weighted by atomic mass is 9.96. The highest BCUT2D eigenvalue weighted by Crippen LogP contribution is 2.12. The molecule has 0 saturated carbocycles. The van der Waals surface area contributed by atoms with E-state index in [0.717, 1.165) is 0 Å². The molecule has 1 aromatic heterocycles. The van der Waals surface area contributed by atoms with Crippen LogP contribution in [0.3, 0.4) is 0 Å². The molecule has 76 valence electrons. The van der Waals surface area contributed by atoms with E-state index in [1.54, 1.807) is 12.3 Å². The van der Waals surface area contributed by atoms with Crippen LogP contribution in [0.1, 0.15) is 20.8 Å². The number of hydrogen-bond acceptors (Lipinski definition) is 3. The van der Waals surface area contributed by atoms with Gasteiger partial charge < -0.3 is 0 Å². The molecule has 0 aliphatic carbocycles. The van der Waals surface area contributed by atoms with E-state index >= 15 is 0 Å². The molecule has 1 amide bonds. The van der Waals surface area contributed by atoms with Gasteiger partial charge >= 0.3 is 0 Å². The van der Waals surface area contributed by atoms with Gasteiger partial charge in [0.05, 0.1) is 0 Å². The van der Waals surface area contributed by atoms with E-state index in [4.69, 9.17) is 0 Å². The van der Waals surface area contributed by atoms with Crippen LogP contribution in [0, 0.1) is 5.41 Å². The predicted octanol–water partition coefficient (Wildman–Crippen LogP) is 1.57. The maximum Gasteiger partial charge on any atom is 0.243 e. The summed E-state index contributed by atoms with van der Waals surface area (Å²) in [5.41, 5.74) is 4.93. The zero-order valence-corrected chi connectivity index (χ0v) is 8.66. The first-order chi connectivity index (χ1) is 6.50. The lowest BCUT2D eigenvalue weighted by molar-refractivity contribution is -0.127. The van der Waals surface area contributed by atoms with Crippen molar-refractivity contribution in [3.63, 3.8) is 0 Å². The van der Waals surface area contributed by atoms with Crippen LogP contribution in [0.4, 0.5) is 5.82 Å². The number of amides is 1. The second-order valence-corrected chi connectivity index (χ2v) is 4.04. The highest BCUT2D eigenvalue weighted by atomic mass is 16.2. The standard InChI is InChI=1S/C10H15N3O/c1-10(2,3)9(14)13-12-8-6-4-5-7-11-8/h4-7H,1-3H3,(H,11,12)(H,13,14). The number of rotatable bonds is 2. The van der Waals surface area contributed by atoms with Crippen molar-refractivity contribution >= 4 is 11.7 Å². The molecular formula is C10H15N3O. The SMILES string of the molecule is CC(C)(C)C(=O)NNc1ccccn1. The average molecular weight is 193 g/mol. The van der Waals surface area contributed by atoms with Gasteiger partial charge in [0, 0.05) is 11.6 Å². The van der Waals surface area contributed by atoms with Crippen LogP contribution in [0.5, 0.6) is 0 Å². The highest BCUT2D eigenvalue weighted by molar-refractivity contribution is 5.82. The zero-order chi connectivity index (χ0) is 10.6. The van der Waals surface area contributed by atoms with Crippen LogP contribution in [-0.4, -0.2) is 10.9 Å². The van der Waals surface area contributed by atoms with E-state index in [-0.39, 0.29) is 5.91 Å². The number of nitrogens with one attached hydrogen (secondary N) is 2. The van der Waals surface area contributed by atoms with Crippen molar-refractivity contribution in [3.8, 4) is 0 Å². The third kappa shape index (κ3) is 3.05. The van der Waals surface area contributed by atoms with E-state index in [1.807, 2.05) is 32.9 Å². The Morgan fingerprint density at radius 3 is 2.57 bits per heavy atom. The van der Waals surface area contributed by atoms with Crippen LogP contribution < -0.4 is 10.9 Å². The van der Waals surface area contributed by atoms with Gasteiger partial charge in [0.15, 0.2) is 0 Å². The second-order valence-electron chi connectivity index (χ2n) is 4.04. The molecule has 1 rings (SSSR count). The summed E-state index contributed by atoms with van der Waals surface area (Å²) in [6.07, 6.45) is 1.66.